The van der Waals surface area contributed by atoms with Crippen molar-refractivity contribution in [2.75, 3.05) is 5.75 Å². The van der Waals surface area contributed by atoms with Crippen molar-refractivity contribution in [2.45, 2.75) is 5.16 Å². The number of aromatic nitrogens is 3. The second-order valence-electron chi connectivity index (χ2n) is 3.04. The smallest absolute Gasteiger partial charge is 0.191 e. The Morgan fingerprint density at radius 2 is 2.44 bits per heavy atom. The van der Waals surface area contributed by atoms with Crippen molar-refractivity contribution in [3.8, 4) is 0 Å². The van der Waals surface area contributed by atoms with E-state index in [0.29, 0.717) is 15.0 Å². The normalized spacial score (nSPS) is 10.6. The van der Waals surface area contributed by atoms with Gasteiger partial charge in [-0.3, -0.25) is 4.79 Å². The molecular formula is C9H8ClN3OS2. The maximum atomic E-state index is 11.7. The Balaban J connectivity index is 1.96. The summed E-state index contributed by atoms with van der Waals surface area (Å²) >= 11 is 8.43. The van der Waals surface area contributed by atoms with Crippen molar-refractivity contribution in [2.24, 2.45) is 7.05 Å². The van der Waals surface area contributed by atoms with Crippen LogP contribution in [0.1, 0.15) is 9.67 Å². The standard InChI is InChI=1S/C9H8ClN3OS2/c1-13-5-11-12-9(13)15-4-6(14)7-2-3-8(10)16-7/h2-3,5H,4H2,1H3. The summed E-state index contributed by atoms with van der Waals surface area (Å²) in [6.07, 6.45) is 1.61. The summed E-state index contributed by atoms with van der Waals surface area (Å²) in [6.45, 7) is 0. The van der Waals surface area contributed by atoms with E-state index in [1.54, 1.807) is 23.0 Å². The number of Topliss-reactive ketones (excluding diaryl/α,β-unsaturated/α-hetero) is 1. The fourth-order valence-electron chi connectivity index (χ4n) is 1.07. The predicted molar refractivity (Wildman–Crippen MR) is 65.4 cm³/mol. The van der Waals surface area contributed by atoms with E-state index >= 15 is 0 Å². The minimum absolute atomic E-state index is 0.0601. The minimum Gasteiger partial charge on any atom is -0.312 e. The number of thioether (sulfide) groups is 1. The lowest BCUT2D eigenvalue weighted by atomic mass is 10.4. The molecule has 0 aliphatic heterocycles. The Morgan fingerprint density at radius 3 is 3.00 bits per heavy atom. The summed E-state index contributed by atoms with van der Waals surface area (Å²) in [5.74, 6) is 0.411. The van der Waals surface area contributed by atoms with Crippen LogP contribution in [0.15, 0.2) is 23.6 Å². The van der Waals surface area contributed by atoms with Gasteiger partial charge in [-0.25, -0.2) is 0 Å². The van der Waals surface area contributed by atoms with Gasteiger partial charge in [-0.2, -0.15) is 0 Å². The fourth-order valence-corrected chi connectivity index (χ4v) is 2.91. The van der Waals surface area contributed by atoms with Crippen LogP contribution < -0.4 is 0 Å². The van der Waals surface area contributed by atoms with E-state index < -0.39 is 0 Å². The van der Waals surface area contributed by atoms with Crippen LogP contribution in [0.4, 0.5) is 0 Å². The highest BCUT2D eigenvalue weighted by Crippen LogP contribution is 2.24. The van der Waals surface area contributed by atoms with Crippen LogP contribution in [0.3, 0.4) is 0 Å². The molecule has 16 heavy (non-hydrogen) atoms. The molecule has 2 heterocycles. The summed E-state index contributed by atoms with van der Waals surface area (Å²) < 4.78 is 2.41. The topological polar surface area (TPSA) is 47.8 Å². The second-order valence-corrected chi connectivity index (χ2v) is 5.70. The van der Waals surface area contributed by atoms with Crippen molar-refractivity contribution in [1.82, 2.24) is 14.8 Å². The van der Waals surface area contributed by atoms with Gasteiger partial charge >= 0.3 is 0 Å². The first-order valence-electron chi connectivity index (χ1n) is 4.42. The summed E-state index contributed by atoms with van der Waals surface area (Å²) in [6, 6.07) is 3.47. The van der Waals surface area contributed by atoms with E-state index in [1.165, 1.54) is 23.1 Å². The largest absolute Gasteiger partial charge is 0.312 e. The highest BCUT2D eigenvalue weighted by molar-refractivity contribution is 7.99. The van der Waals surface area contributed by atoms with E-state index in [4.69, 9.17) is 11.6 Å². The second kappa shape index (κ2) is 4.99. The summed E-state index contributed by atoms with van der Waals surface area (Å²) in [5.41, 5.74) is 0. The molecule has 0 fully saturated rings. The number of thiophene rings is 1. The lowest BCUT2D eigenvalue weighted by Gasteiger charge is -1.98. The molecule has 2 aromatic heterocycles. The number of rotatable bonds is 4. The maximum absolute atomic E-state index is 11.7. The van der Waals surface area contributed by atoms with Gasteiger partial charge in [0.15, 0.2) is 10.9 Å². The first-order chi connectivity index (χ1) is 7.66. The lowest BCUT2D eigenvalue weighted by molar-refractivity contribution is 0.102. The number of ketones is 1. The monoisotopic (exact) mass is 273 g/mol. The van der Waals surface area contributed by atoms with E-state index in [9.17, 15) is 4.79 Å². The fraction of sp³-hybridized carbons (Fsp3) is 0.222. The molecule has 0 spiro atoms. The summed E-state index contributed by atoms with van der Waals surface area (Å²) in [7, 11) is 1.84. The van der Waals surface area contributed by atoms with Gasteiger partial charge in [0.1, 0.15) is 6.33 Å². The van der Waals surface area contributed by atoms with Gasteiger partial charge in [-0.05, 0) is 12.1 Å². The molecule has 0 radical (unpaired) electrons. The van der Waals surface area contributed by atoms with Crippen molar-refractivity contribution >= 4 is 40.5 Å². The Hall–Kier alpha value is -0.850. The SMILES string of the molecule is Cn1cnnc1SCC(=O)c1ccc(Cl)s1. The number of nitrogens with zero attached hydrogens (tertiary/aromatic N) is 3. The van der Waals surface area contributed by atoms with Crippen LogP contribution in [-0.2, 0) is 7.05 Å². The van der Waals surface area contributed by atoms with Gasteiger partial charge in [0, 0.05) is 7.05 Å². The number of hydrogen-bond donors (Lipinski definition) is 0. The molecule has 7 heteroatoms. The number of hydrogen-bond acceptors (Lipinski definition) is 5. The van der Waals surface area contributed by atoms with Crippen molar-refractivity contribution in [1.29, 1.82) is 0 Å². The highest BCUT2D eigenvalue weighted by Gasteiger charge is 2.11. The molecule has 0 atom stereocenters. The van der Waals surface area contributed by atoms with Crippen LogP contribution in [0.25, 0.3) is 0 Å². The number of halogens is 1. The highest BCUT2D eigenvalue weighted by atomic mass is 35.5. The van der Waals surface area contributed by atoms with E-state index in [1.807, 2.05) is 7.05 Å². The van der Waals surface area contributed by atoms with Crippen molar-refractivity contribution in [3.05, 3.63) is 27.7 Å². The van der Waals surface area contributed by atoms with E-state index in [2.05, 4.69) is 10.2 Å². The molecule has 0 bridgehead atoms. The molecule has 0 unspecified atom stereocenters. The molecule has 0 saturated heterocycles. The Bertz CT molecular complexity index is 508. The third-order valence-electron chi connectivity index (χ3n) is 1.85. The molecule has 0 amide bonds. The Kier molecular flexibility index (Phi) is 3.63. The molecule has 2 rings (SSSR count). The lowest BCUT2D eigenvalue weighted by Crippen LogP contribution is -2.01. The first-order valence-corrected chi connectivity index (χ1v) is 6.60. The van der Waals surface area contributed by atoms with Crippen LogP contribution in [0, 0.1) is 0 Å². The maximum Gasteiger partial charge on any atom is 0.191 e. The van der Waals surface area contributed by atoms with Gasteiger partial charge < -0.3 is 4.57 Å². The molecule has 0 aliphatic carbocycles. The van der Waals surface area contributed by atoms with Crippen LogP contribution in [-0.4, -0.2) is 26.3 Å². The Morgan fingerprint density at radius 1 is 1.62 bits per heavy atom. The van der Waals surface area contributed by atoms with Crippen LogP contribution in [0.2, 0.25) is 4.34 Å². The van der Waals surface area contributed by atoms with E-state index in [-0.39, 0.29) is 5.78 Å². The molecule has 0 aromatic carbocycles. The zero-order chi connectivity index (χ0) is 11.5. The predicted octanol–water partition coefficient (Wildman–Crippen LogP) is 2.51. The third-order valence-corrected chi connectivity index (χ3v) is 4.16. The average molecular weight is 274 g/mol. The number of aryl methyl sites for hydroxylation is 1. The van der Waals surface area contributed by atoms with Gasteiger partial charge in [-0.1, -0.05) is 23.4 Å². The summed E-state index contributed by atoms with van der Waals surface area (Å²) in [4.78, 5) is 12.4. The van der Waals surface area contributed by atoms with Crippen LogP contribution >= 0.6 is 34.7 Å². The van der Waals surface area contributed by atoms with Gasteiger partial charge in [0.05, 0.1) is 15.0 Å². The molecule has 0 aliphatic rings. The number of carbonyl (C=O) groups excluding carboxylic acids is 1. The Labute approximate surface area is 106 Å². The third kappa shape index (κ3) is 2.63. The molecule has 2 aromatic rings. The van der Waals surface area contributed by atoms with Gasteiger partial charge in [0.2, 0.25) is 0 Å². The zero-order valence-corrected chi connectivity index (χ0v) is 10.8. The molecule has 84 valence electrons. The van der Waals surface area contributed by atoms with Crippen molar-refractivity contribution < 1.29 is 4.79 Å². The number of carbonyl (C=O) groups is 1. The average Bonchev–Trinajstić information content (AvgIpc) is 2.84. The van der Waals surface area contributed by atoms with Gasteiger partial charge in [-0.15, -0.1) is 21.5 Å². The van der Waals surface area contributed by atoms with E-state index in [0.717, 1.165) is 5.16 Å². The first kappa shape index (κ1) is 11.6. The summed E-state index contributed by atoms with van der Waals surface area (Å²) in [5, 5.41) is 8.36. The molecular weight excluding hydrogens is 266 g/mol. The molecule has 0 N–H and O–H groups in total. The zero-order valence-electron chi connectivity index (χ0n) is 8.38. The van der Waals surface area contributed by atoms with Gasteiger partial charge in [0.25, 0.3) is 0 Å². The molecule has 4 nitrogen and oxygen atoms in total. The van der Waals surface area contributed by atoms with Crippen molar-refractivity contribution in [3.63, 3.8) is 0 Å². The van der Waals surface area contributed by atoms with Crippen LogP contribution in [0.5, 0.6) is 0 Å². The minimum atomic E-state index is 0.0601. The molecule has 0 saturated carbocycles. The quantitative estimate of drug-likeness (QED) is 0.634.